The Morgan fingerprint density at radius 2 is 2.05 bits per heavy atom. The van der Waals surface area contributed by atoms with Crippen LogP contribution in [0.5, 0.6) is 0 Å². The quantitative estimate of drug-likeness (QED) is 0.429. The normalized spacial score (nSPS) is 11.7. The Morgan fingerprint density at radius 1 is 1.25 bits per heavy atom. The summed E-state index contributed by atoms with van der Waals surface area (Å²) in [6.45, 7) is 9.37. The number of hydrogen-bond acceptors (Lipinski definition) is 3. The van der Waals surface area contributed by atoms with Crippen LogP contribution in [0.3, 0.4) is 0 Å². The Kier molecular flexibility index (Phi) is 8.38. The third-order valence-corrected chi connectivity index (χ3v) is 3.22. The fourth-order valence-electron chi connectivity index (χ4n) is 1.95. The summed E-state index contributed by atoms with van der Waals surface area (Å²) in [6, 6.07) is 5.91. The number of guanidine groups is 1. The molecule has 5 nitrogen and oxygen atoms in total. The summed E-state index contributed by atoms with van der Waals surface area (Å²) < 4.78 is 0. The summed E-state index contributed by atoms with van der Waals surface area (Å²) in [4.78, 5) is 10.9. The second kappa shape index (κ2) is 10.2. The van der Waals surface area contributed by atoms with E-state index in [1.807, 2.05) is 18.2 Å². The molecule has 0 spiro atoms. The third kappa shape index (κ3) is 6.52. The van der Waals surface area contributed by atoms with Crippen molar-refractivity contribution in [3.8, 4) is 0 Å². The van der Waals surface area contributed by atoms with Gasteiger partial charge in [-0.2, -0.15) is 0 Å². The van der Waals surface area contributed by atoms with Crippen LogP contribution in [0.15, 0.2) is 29.4 Å². The van der Waals surface area contributed by atoms with Gasteiger partial charge in [-0.3, -0.25) is 9.98 Å². The number of aromatic nitrogens is 1. The average Bonchev–Trinajstić information content (AvgIpc) is 2.51. The number of nitrogens with zero attached hydrogens (tertiary/aromatic N) is 3. The predicted octanol–water partition coefficient (Wildman–Crippen LogP) is 1.48. The molecule has 112 valence electrons. The number of nitrogens with one attached hydrogen (secondary N) is 2. The lowest BCUT2D eigenvalue weighted by molar-refractivity contribution is 0.300. The summed E-state index contributed by atoms with van der Waals surface area (Å²) in [5.41, 5.74) is 1.01. The fourth-order valence-corrected chi connectivity index (χ4v) is 1.95. The standard InChI is InChI=1S/C15H27N5/c1-4-20(5-2)12-8-11-18-15(16-3)19-13-14-9-6-7-10-17-14/h6-7,9-10H,4-5,8,11-13H2,1-3H3,(H2,16,18,19). The van der Waals surface area contributed by atoms with Gasteiger partial charge in [0.1, 0.15) is 0 Å². The van der Waals surface area contributed by atoms with Crippen molar-refractivity contribution in [3.63, 3.8) is 0 Å². The first kappa shape index (κ1) is 16.4. The van der Waals surface area contributed by atoms with Gasteiger partial charge in [-0.15, -0.1) is 0 Å². The molecule has 2 N–H and O–H groups in total. The zero-order valence-corrected chi connectivity index (χ0v) is 12.9. The highest BCUT2D eigenvalue weighted by Crippen LogP contribution is 1.92. The van der Waals surface area contributed by atoms with Gasteiger partial charge >= 0.3 is 0 Å². The molecule has 0 saturated carbocycles. The van der Waals surface area contributed by atoms with Crippen LogP contribution in [0.1, 0.15) is 26.0 Å². The number of pyridine rings is 1. The number of hydrogen-bond donors (Lipinski definition) is 2. The van der Waals surface area contributed by atoms with Crippen LogP contribution in [-0.2, 0) is 6.54 Å². The van der Waals surface area contributed by atoms with Crippen LogP contribution in [0, 0.1) is 0 Å². The first-order chi connectivity index (χ1) is 9.80. The Labute approximate surface area is 122 Å². The molecule has 1 rings (SSSR count). The molecule has 0 aliphatic heterocycles. The van der Waals surface area contributed by atoms with Crippen LogP contribution in [0.25, 0.3) is 0 Å². The SMILES string of the molecule is CCN(CC)CCCNC(=NC)NCc1ccccn1. The highest BCUT2D eigenvalue weighted by molar-refractivity contribution is 5.79. The molecule has 0 aliphatic rings. The van der Waals surface area contributed by atoms with E-state index in [0.717, 1.165) is 44.3 Å². The molecule has 1 heterocycles. The Balaban J connectivity index is 2.20. The average molecular weight is 277 g/mol. The molecule has 0 atom stereocenters. The van der Waals surface area contributed by atoms with Gasteiger partial charge in [0, 0.05) is 19.8 Å². The van der Waals surface area contributed by atoms with E-state index < -0.39 is 0 Å². The van der Waals surface area contributed by atoms with Gasteiger partial charge in [-0.1, -0.05) is 19.9 Å². The lowest BCUT2D eigenvalue weighted by Gasteiger charge is -2.18. The van der Waals surface area contributed by atoms with Crippen LogP contribution >= 0.6 is 0 Å². The molecule has 0 aromatic carbocycles. The van der Waals surface area contributed by atoms with Crippen molar-refractivity contribution in [2.45, 2.75) is 26.8 Å². The Bertz CT molecular complexity index is 373. The molecule has 1 aromatic rings. The highest BCUT2D eigenvalue weighted by atomic mass is 15.2. The second-order valence-electron chi connectivity index (χ2n) is 4.55. The molecule has 20 heavy (non-hydrogen) atoms. The summed E-state index contributed by atoms with van der Waals surface area (Å²) >= 11 is 0. The zero-order chi connectivity index (χ0) is 14.6. The summed E-state index contributed by atoms with van der Waals surface area (Å²) in [5, 5.41) is 6.59. The molecular formula is C15H27N5. The molecule has 1 aromatic heterocycles. The van der Waals surface area contributed by atoms with Gasteiger partial charge in [-0.05, 0) is 38.2 Å². The molecular weight excluding hydrogens is 250 g/mol. The van der Waals surface area contributed by atoms with Gasteiger partial charge in [0.15, 0.2) is 5.96 Å². The van der Waals surface area contributed by atoms with Crippen LogP contribution in [-0.4, -0.2) is 49.1 Å². The van der Waals surface area contributed by atoms with Gasteiger partial charge in [0.25, 0.3) is 0 Å². The predicted molar refractivity (Wildman–Crippen MR) is 84.8 cm³/mol. The van der Waals surface area contributed by atoms with Crippen LogP contribution < -0.4 is 10.6 Å². The van der Waals surface area contributed by atoms with Gasteiger partial charge in [0.2, 0.25) is 0 Å². The zero-order valence-electron chi connectivity index (χ0n) is 12.9. The third-order valence-electron chi connectivity index (χ3n) is 3.22. The maximum absolute atomic E-state index is 4.27. The van der Waals surface area contributed by atoms with Crippen LogP contribution in [0.2, 0.25) is 0 Å². The van der Waals surface area contributed by atoms with Gasteiger partial charge in [-0.25, -0.2) is 0 Å². The number of rotatable bonds is 8. The number of aliphatic imine (C=N–C) groups is 1. The summed E-state index contributed by atoms with van der Waals surface area (Å²) in [6.07, 6.45) is 2.92. The van der Waals surface area contributed by atoms with E-state index in [4.69, 9.17) is 0 Å². The van der Waals surface area contributed by atoms with Crippen molar-refractivity contribution in [1.82, 2.24) is 20.5 Å². The van der Waals surface area contributed by atoms with E-state index in [9.17, 15) is 0 Å². The van der Waals surface area contributed by atoms with E-state index in [2.05, 4.69) is 39.4 Å². The van der Waals surface area contributed by atoms with Gasteiger partial charge < -0.3 is 15.5 Å². The maximum Gasteiger partial charge on any atom is 0.191 e. The minimum absolute atomic E-state index is 0.691. The Hall–Kier alpha value is -1.62. The Morgan fingerprint density at radius 3 is 2.65 bits per heavy atom. The van der Waals surface area contributed by atoms with Crippen molar-refractivity contribution in [2.24, 2.45) is 4.99 Å². The van der Waals surface area contributed by atoms with E-state index in [0.29, 0.717) is 6.54 Å². The minimum Gasteiger partial charge on any atom is -0.356 e. The fraction of sp³-hybridized carbons (Fsp3) is 0.600. The molecule has 0 bridgehead atoms. The van der Waals surface area contributed by atoms with Crippen molar-refractivity contribution in [1.29, 1.82) is 0 Å². The second-order valence-corrected chi connectivity index (χ2v) is 4.55. The van der Waals surface area contributed by atoms with Gasteiger partial charge in [0.05, 0.1) is 12.2 Å². The smallest absolute Gasteiger partial charge is 0.191 e. The first-order valence-electron chi connectivity index (χ1n) is 7.36. The maximum atomic E-state index is 4.27. The van der Waals surface area contributed by atoms with Crippen molar-refractivity contribution in [3.05, 3.63) is 30.1 Å². The molecule has 0 fully saturated rings. The van der Waals surface area contributed by atoms with Crippen LogP contribution in [0.4, 0.5) is 0 Å². The lowest BCUT2D eigenvalue weighted by atomic mass is 10.3. The molecule has 0 unspecified atom stereocenters. The van der Waals surface area contributed by atoms with E-state index in [1.165, 1.54) is 0 Å². The monoisotopic (exact) mass is 277 g/mol. The summed E-state index contributed by atoms with van der Waals surface area (Å²) in [7, 11) is 1.79. The summed E-state index contributed by atoms with van der Waals surface area (Å²) in [5.74, 6) is 0.829. The topological polar surface area (TPSA) is 52.5 Å². The van der Waals surface area contributed by atoms with E-state index in [1.54, 1.807) is 13.2 Å². The molecule has 0 radical (unpaired) electrons. The molecule has 0 aliphatic carbocycles. The minimum atomic E-state index is 0.691. The molecule has 0 saturated heterocycles. The van der Waals surface area contributed by atoms with Crippen molar-refractivity contribution >= 4 is 5.96 Å². The van der Waals surface area contributed by atoms with Crippen molar-refractivity contribution < 1.29 is 0 Å². The molecule has 0 amide bonds. The van der Waals surface area contributed by atoms with E-state index in [-0.39, 0.29) is 0 Å². The largest absolute Gasteiger partial charge is 0.356 e. The first-order valence-corrected chi connectivity index (χ1v) is 7.36. The van der Waals surface area contributed by atoms with Crippen molar-refractivity contribution in [2.75, 3.05) is 33.2 Å². The highest BCUT2D eigenvalue weighted by Gasteiger charge is 2.00. The lowest BCUT2D eigenvalue weighted by Crippen LogP contribution is -2.38. The van der Waals surface area contributed by atoms with E-state index >= 15 is 0 Å². The molecule has 5 heteroatoms.